The lowest BCUT2D eigenvalue weighted by atomic mass is 9.82. The molecule has 0 bridgehead atoms. The van der Waals surface area contributed by atoms with Crippen molar-refractivity contribution in [1.29, 1.82) is 0 Å². The van der Waals surface area contributed by atoms with E-state index in [1.165, 1.54) is 7.11 Å². The topological polar surface area (TPSA) is 61.5 Å². The average Bonchev–Trinajstić information content (AvgIpc) is 2.46. The Morgan fingerprint density at radius 1 is 1.32 bits per heavy atom. The Morgan fingerprint density at radius 2 is 2.11 bits per heavy atom. The highest BCUT2D eigenvalue weighted by molar-refractivity contribution is 5.95. The fourth-order valence-corrected chi connectivity index (χ4v) is 2.67. The SMILES string of the molecule is COC(=O)C1(N)CCOc2ccc3ccccc3c21. The number of hydrogen-bond acceptors (Lipinski definition) is 4. The van der Waals surface area contributed by atoms with Crippen molar-refractivity contribution in [2.24, 2.45) is 5.73 Å². The summed E-state index contributed by atoms with van der Waals surface area (Å²) < 4.78 is 10.5. The van der Waals surface area contributed by atoms with Crippen LogP contribution in [0.5, 0.6) is 5.75 Å². The summed E-state index contributed by atoms with van der Waals surface area (Å²) >= 11 is 0. The smallest absolute Gasteiger partial charge is 0.330 e. The minimum absolute atomic E-state index is 0.414. The summed E-state index contributed by atoms with van der Waals surface area (Å²) in [6, 6.07) is 11.7. The summed E-state index contributed by atoms with van der Waals surface area (Å²) in [6.07, 6.45) is 0.417. The Kier molecular flexibility index (Phi) is 2.68. The second-order valence-electron chi connectivity index (χ2n) is 4.72. The van der Waals surface area contributed by atoms with Crippen LogP contribution in [0.3, 0.4) is 0 Å². The van der Waals surface area contributed by atoms with Crippen LogP contribution < -0.4 is 10.5 Å². The summed E-state index contributed by atoms with van der Waals surface area (Å²) in [6.45, 7) is 0.414. The van der Waals surface area contributed by atoms with Crippen molar-refractivity contribution in [2.75, 3.05) is 13.7 Å². The zero-order chi connectivity index (χ0) is 13.5. The first-order valence-corrected chi connectivity index (χ1v) is 6.19. The predicted molar refractivity (Wildman–Crippen MR) is 71.9 cm³/mol. The maximum Gasteiger partial charge on any atom is 0.330 e. The summed E-state index contributed by atoms with van der Waals surface area (Å²) in [5.41, 5.74) is 5.93. The first-order valence-electron chi connectivity index (χ1n) is 6.19. The summed E-state index contributed by atoms with van der Waals surface area (Å²) in [7, 11) is 1.36. The second-order valence-corrected chi connectivity index (χ2v) is 4.72. The molecular formula is C15H15NO3. The van der Waals surface area contributed by atoms with E-state index in [2.05, 4.69) is 0 Å². The van der Waals surface area contributed by atoms with E-state index in [1.54, 1.807) is 0 Å². The number of esters is 1. The number of methoxy groups -OCH3 is 1. The van der Waals surface area contributed by atoms with Crippen LogP contribution in [0.25, 0.3) is 10.8 Å². The molecule has 3 rings (SSSR count). The molecule has 4 heteroatoms. The molecule has 0 aliphatic carbocycles. The number of rotatable bonds is 1. The second kappa shape index (κ2) is 4.24. The molecule has 0 radical (unpaired) electrons. The fraction of sp³-hybridized carbons (Fsp3) is 0.267. The molecule has 0 saturated heterocycles. The van der Waals surface area contributed by atoms with Crippen molar-refractivity contribution in [3.63, 3.8) is 0 Å². The van der Waals surface area contributed by atoms with E-state index < -0.39 is 11.5 Å². The van der Waals surface area contributed by atoms with Gasteiger partial charge in [0.05, 0.1) is 13.7 Å². The summed E-state index contributed by atoms with van der Waals surface area (Å²) in [4.78, 5) is 12.1. The lowest BCUT2D eigenvalue weighted by Crippen LogP contribution is -2.49. The summed E-state index contributed by atoms with van der Waals surface area (Å²) in [5, 5.41) is 1.97. The first-order chi connectivity index (χ1) is 9.16. The average molecular weight is 257 g/mol. The Morgan fingerprint density at radius 3 is 2.89 bits per heavy atom. The minimum Gasteiger partial charge on any atom is -0.493 e. The van der Waals surface area contributed by atoms with Crippen LogP contribution in [0.1, 0.15) is 12.0 Å². The molecule has 1 heterocycles. The molecule has 1 aliphatic heterocycles. The molecule has 0 aromatic heterocycles. The van der Waals surface area contributed by atoms with Crippen molar-refractivity contribution in [2.45, 2.75) is 12.0 Å². The maximum absolute atomic E-state index is 12.1. The standard InChI is InChI=1S/C15H15NO3/c1-18-14(17)15(16)8-9-19-12-7-6-10-4-2-3-5-11(10)13(12)15/h2-7H,8-9,16H2,1H3. The normalized spacial score (nSPS) is 21.6. The quantitative estimate of drug-likeness (QED) is 0.793. The molecule has 98 valence electrons. The van der Waals surface area contributed by atoms with Gasteiger partial charge in [-0.1, -0.05) is 30.3 Å². The Hall–Kier alpha value is -2.07. The van der Waals surface area contributed by atoms with Gasteiger partial charge in [0, 0.05) is 12.0 Å². The van der Waals surface area contributed by atoms with Gasteiger partial charge >= 0.3 is 5.97 Å². The number of benzene rings is 2. The molecule has 19 heavy (non-hydrogen) atoms. The van der Waals surface area contributed by atoms with Gasteiger partial charge < -0.3 is 15.2 Å². The predicted octanol–water partition coefficient (Wildman–Crippen LogP) is 1.95. The van der Waals surface area contributed by atoms with Crippen molar-refractivity contribution in [1.82, 2.24) is 0 Å². The van der Waals surface area contributed by atoms with E-state index in [9.17, 15) is 4.79 Å². The van der Waals surface area contributed by atoms with Crippen LogP contribution in [-0.2, 0) is 15.1 Å². The molecule has 1 unspecified atom stereocenters. The van der Waals surface area contributed by atoms with Gasteiger partial charge in [-0.3, -0.25) is 0 Å². The number of carbonyl (C=O) groups is 1. The van der Waals surface area contributed by atoms with Crippen molar-refractivity contribution < 1.29 is 14.3 Å². The first kappa shape index (κ1) is 12.0. The molecule has 4 nitrogen and oxygen atoms in total. The number of nitrogens with two attached hydrogens (primary N) is 1. The van der Waals surface area contributed by atoms with Crippen LogP contribution in [0, 0.1) is 0 Å². The van der Waals surface area contributed by atoms with E-state index >= 15 is 0 Å². The highest BCUT2D eigenvalue weighted by Crippen LogP contribution is 2.40. The van der Waals surface area contributed by atoms with Crippen LogP contribution >= 0.6 is 0 Å². The molecular weight excluding hydrogens is 242 g/mol. The van der Waals surface area contributed by atoms with Gasteiger partial charge in [-0.05, 0) is 16.8 Å². The third kappa shape index (κ3) is 1.68. The van der Waals surface area contributed by atoms with Crippen molar-refractivity contribution in [3.05, 3.63) is 42.0 Å². The lowest BCUT2D eigenvalue weighted by Gasteiger charge is -2.34. The molecule has 2 aromatic carbocycles. The molecule has 0 spiro atoms. The van der Waals surface area contributed by atoms with E-state index in [1.807, 2.05) is 36.4 Å². The third-order valence-corrected chi connectivity index (χ3v) is 3.64. The Balaban J connectivity index is 2.33. The molecule has 2 N–H and O–H groups in total. The van der Waals surface area contributed by atoms with E-state index in [0.29, 0.717) is 18.8 Å². The van der Waals surface area contributed by atoms with Gasteiger partial charge in [-0.25, -0.2) is 4.79 Å². The highest BCUT2D eigenvalue weighted by atomic mass is 16.5. The molecule has 0 fully saturated rings. The number of ether oxygens (including phenoxy) is 2. The monoisotopic (exact) mass is 257 g/mol. The zero-order valence-corrected chi connectivity index (χ0v) is 10.7. The van der Waals surface area contributed by atoms with E-state index in [-0.39, 0.29) is 0 Å². The number of fused-ring (bicyclic) bond motifs is 3. The fourth-order valence-electron chi connectivity index (χ4n) is 2.67. The van der Waals surface area contributed by atoms with Crippen molar-refractivity contribution in [3.8, 4) is 5.75 Å². The van der Waals surface area contributed by atoms with Crippen LogP contribution in [-0.4, -0.2) is 19.7 Å². The molecule has 1 atom stereocenters. The Labute approximate surface area is 111 Å². The number of carbonyl (C=O) groups excluding carboxylic acids is 1. The van der Waals surface area contributed by atoms with Gasteiger partial charge in [0.15, 0.2) is 0 Å². The van der Waals surface area contributed by atoms with Crippen LogP contribution in [0.15, 0.2) is 36.4 Å². The van der Waals surface area contributed by atoms with Gasteiger partial charge in [-0.15, -0.1) is 0 Å². The van der Waals surface area contributed by atoms with E-state index in [0.717, 1.165) is 16.3 Å². The molecule has 2 aromatic rings. The van der Waals surface area contributed by atoms with Gasteiger partial charge in [-0.2, -0.15) is 0 Å². The third-order valence-electron chi connectivity index (χ3n) is 3.64. The molecule has 0 saturated carbocycles. The lowest BCUT2D eigenvalue weighted by molar-refractivity contribution is -0.148. The summed E-state index contributed by atoms with van der Waals surface area (Å²) in [5.74, 6) is 0.242. The van der Waals surface area contributed by atoms with Crippen LogP contribution in [0.2, 0.25) is 0 Å². The van der Waals surface area contributed by atoms with Gasteiger partial charge in [0.2, 0.25) is 0 Å². The van der Waals surface area contributed by atoms with Crippen LogP contribution in [0.4, 0.5) is 0 Å². The minimum atomic E-state index is -1.14. The molecule has 1 aliphatic rings. The van der Waals surface area contributed by atoms with E-state index in [4.69, 9.17) is 15.2 Å². The van der Waals surface area contributed by atoms with Gasteiger partial charge in [0.25, 0.3) is 0 Å². The number of hydrogen-bond donors (Lipinski definition) is 1. The largest absolute Gasteiger partial charge is 0.493 e. The van der Waals surface area contributed by atoms with Gasteiger partial charge in [0.1, 0.15) is 11.3 Å². The Bertz CT molecular complexity index is 653. The zero-order valence-electron chi connectivity index (χ0n) is 10.7. The molecule has 0 amide bonds. The maximum atomic E-state index is 12.1. The van der Waals surface area contributed by atoms with Crippen molar-refractivity contribution >= 4 is 16.7 Å². The highest BCUT2D eigenvalue weighted by Gasteiger charge is 2.43.